The SMILES string of the molecule is CCNC(=NCCCNC(=O)c1ccccc1)NCCn1cnnc1CC.I. The number of hydrogen-bond acceptors (Lipinski definition) is 4. The molecule has 2 aromatic rings. The third kappa shape index (κ3) is 8.24. The number of carbonyl (C=O) groups is 1. The Morgan fingerprint density at radius 2 is 1.89 bits per heavy atom. The van der Waals surface area contributed by atoms with Crippen LogP contribution in [0.3, 0.4) is 0 Å². The summed E-state index contributed by atoms with van der Waals surface area (Å²) in [6, 6.07) is 9.22. The van der Waals surface area contributed by atoms with Crippen LogP contribution in [0.4, 0.5) is 0 Å². The van der Waals surface area contributed by atoms with E-state index in [0.29, 0.717) is 18.7 Å². The number of carbonyl (C=O) groups excluding carboxylic acids is 1. The van der Waals surface area contributed by atoms with Crippen molar-refractivity contribution < 1.29 is 4.79 Å². The van der Waals surface area contributed by atoms with Crippen LogP contribution in [0.1, 0.15) is 36.5 Å². The number of hydrogen-bond donors (Lipinski definition) is 3. The number of amides is 1. The van der Waals surface area contributed by atoms with Crippen molar-refractivity contribution in [3.05, 3.63) is 48.0 Å². The summed E-state index contributed by atoms with van der Waals surface area (Å²) >= 11 is 0. The van der Waals surface area contributed by atoms with Gasteiger partial charge in [0.2, 0.25) is 0 Å². The van der Waals surface area contributed by atoms with Crippen molar-refractivity contribution in [1.82, 2.24) is 30.7 Å². The molecule has 0 radical (unpaired) electrons. The molecular formula is C19H30IN7O. The third-order valence-electron chi connectivity index (χ3n) is 3.93. The molecule has 9 heteroatoms. The molecule has 1 heterocycles. The van der Waals surface area contributed by atoms with Crippen molar-refractivity contribution in [3.63, 3.8) is 0 Å². The summed E-state index contributed by atoms with van der Waals surface area (Å²) in [4.78, 5) is 16.5. The van der Waals surface area contributed by atoms with E-state index in [2.05, 4.69) is 38.1 Å². The van der Waals surface area contributed by atoms with Gasteiger partial charge in [0.25, 0.3) is 5.91 Å². The molecule has 0 aliphatic carbocycles. The van der Waals surface area contributed by atoms with Crippen LogP contribution in [0.2, 0.25) is 0 Å². The molecule has 1 amide bonds. The zero-order valence-electron chi connectivity index (χ0n) is 16.5. The van der Waals surface area contributed by atoms with E-state index in [1.54, 1.807) is 18.5 Å². The molecule has 0 aliphatic rings. The number of nitrogens with one attached hydrogen (secondary N) is 3. The van der Waals surface area contributed by atoms with Gasteiger partial charge in [0.1, 0.15) is 12.2 Å². The van der Waals surface area contributed by atoms with Crippen molar-refractivity contribution in [2.45, 2.75) is 33.2 Å². The van der Waals surface area contributed by atoms with Crippen LogP contribution < -0.4 is 16.0 Å². The Hall–Kier alpha value is -2.17. The maximum atomic E-state index is 12.0. The average molecular weight is 499 g/mol. The van der Waals surface area contributed by atoms with Crippen molar-refractivity contribution >= 4 is 35.8 Å². The van der Waals surface area contributed by atoms with Crippen LogP contribution in [0.15, 0.2) is 41.7 Å². The Morgan fingerprint density at radius 1 is 1.11 bits per heavy atom. The van der Waals surface area contributed by atoms with E-state index in [1.165, 1.54) is 0 Å². The Morgan fingerprint density at radius 3 is 2.61 bits per heavy atom. The molecule has 0 aliphatic heterocycles. The predicted octanol–water partition coefficient (Wildman–Crippen LogP) is 1.83. The van der Waals surface area contributed by atoms with Gasteiger partial charge >= 0.3 is 0 Å². The van der Waals surface area contributed by atoms with E-state index in [4.69, 9.17) is 0 Å². The lowest BCUT2D eigenvalue weighted by atomic mass is 10.2. The Bertz CT molecular complexity index is 718. The standard InChI is InChI=1S/C19H29N7O.HI/c1-3-17-25-24-15-26(17)14-13-23-19(20-4-2)22-12-8-11-21-18(27)16-9-6-5-7-10-16;/h5-7,9-10,15H,3-4,8,11-14H2,1-2H3,(H,21,27)(H2,20,22,23);1H. The van der Waals surface area contributed by atoms with Crippen molar-refractivity contribution in [2.24, 2.45) is 4.99 Å². The van der Waals surface area contributed by atoms with Gasteiger partial charge in [-0.3, -0.25) is 9.79 Å². The summed E-state index contributed by atoms with van der Waals surface area (Å²) in [6.07, 6.45) is 3.39. The highest BCUT2D eigenvalue weighted by molar-refractivity contribution is 14.0. The van der Waals surface area contributed by atoms with Gasteiger partial charge in [0, 0.05) is 44.7 Å². The van der Waals surface area contributed by atoms with Gasteiger partial charge in [-0.05, 0) is 25.5 Å². The molecule has 0 unspecified atom stereocenters. The van der Waals surface area contributed by atoms with Crippen LogP contribution in [0.25, 0.3) is 0 Å². The fourth-order valence-electron chi connectivity index (χ4n) is 2.54. The quantitative estimate of drug-likeness (QED) is 0.201. The van der Waals surface area contributed by atoms with E-state index < -0.39 is 0 Å². The Kier molecular flexibility index (Phi) is 11.9. The van der Waals surface area contributed by atoms with Crippen LogP contribution in [-0.2, 0) is 13.0 Å². The van der Waals surface area contributed by atoms with E-state index in [9.17, 15) is 4.79 Å². The number of benzene rings is 1. The number of guanidine groups is 1. The van der Waals surface area contributed by atoms with Crippen molar-refractivity contribution in [2.75, 3.05) is 26.2 Å². The molecule has 0 fully saturated rings. The molecule has 0 spiro atoms. The van der Waals surface area contributed by atoms with Gasteiger partial charge in [0.15, 0.2) is 5.96 Å². The highest BCUT2D eigenvalue weighted by Gasteiger charge is 2.04. The minimum absolute atomic E-state index is 0. The summed E-state index contributed by atoms with van der Waals surface area (Å²) in [6.45, 7) is 7.65. The molecule has 0 bridgehead atoms. The fraction of sp³-hybridized carbons (Fsp3) is 0.474. The van der Waals surface area contributed by atoms with E-state index >= 15 is 0 Å². The Labute approximate surface area is 183 Å². The molecule has 0 atom stereocenters. The highest BCUT2D eigenvalue weighted by Crippen LogP contribution is 1.97. The molecule has 154 valence electrons. The first-order valence-electron chi connectivity index (χ1n) is 9.46. The first-order valence-corrected chi connectivity index (χ1v) is 9.46. The van der Waals surface area contributed by atoms with Gasteiger partial charge in [-0.1, -0.05) is 25.1 Å². The van der Waals surface area contributed by atoms with Crippen molar-refractivity contribution in [3.8, 4) is 0 Å². The molecule has 2 rings (SSSR count). The predicted molar refractivity (Wildman–Crippen MR) is 122 cm³/mol. The van der Waals surface area contributed by atoms with E-state index in [0.717, 1.165) is 44.3 Å². The maximum Gasteiger partial charge on any atom is 0.251 e. The van der Waals surface area contributed by atoms with Gasteiger partial charge in [0.05, 0.1) is 0 Å². The lowest BCUT2D eigenvalue weighted by Gasteiger charge is -2.12. The number of nitrogens with zero attached hydrogens (tertiary/aromatic N) is 4. The second kappa shape index (κ2) is 13.9. The smallest absolute Gasteiger partial charge is 0.251 e. The molecule has 0 saturated heterocycles. The van der Waals surface area contributed by atoms with Gasteiger partial charge in [-0.15, -0.1) is 34.2 Å². The molecule has 1 aromatic heterocycles. The molecule has 0 saturated carbocycles. The van der Waals surface area contributed by atoms with Crippen molar-refractivity contribution in [1.29, 1.82) is 0 Å². The first kappa shape index (κ1) is 23.9. The summed E-state index contributed by atoms with van der Waals surface area (Å²) in [5.41, 5.74) is 0.677. The number of aryl methyl sites for hydroxylation is 1. The minimum atomic E-state index is -0.0507. The number of aliphatic imine (C=N–C) groups is 1. The van der Waals surface area contributed by atoms with Crippen LogP contribution in [0.5, 0.6) is 0 Å². The summed E-state index contributed by atoms with van der Waals surface area (Å²) in [5, 5.41) is 17.5. The summed E-state index contributed by atoms with van der Waals surface area (Å²) in [5.74, 6) is 1.70. The Balaban J connectivity index is 0.00000392. The number of halogens is 1. The summed E-state index contributed by atoms with van der Waals surface area (Å²) in [7, 11) is 0. The highest BCUT2D eigenvalue weighted by atomic mass is 127. The van der Waals surface area contributed by atoms with Crippen LogP contribution >= 0.6 is 24.0 Å². The molecule has 3 N–H and O–H groups in total. The van der Waals surface area contributed by atoms with Crippen LogP contribution in [-0.4, -0.2) is 52.8 Å². The third-order valence-corrected chi connectivity index (χ3v) is 3.93. The number of rotatable bonds is 10. The normalized spacial score (nSPS) is 10.9. The number of aromatic nitrogens is 3. The second-order valence-electron chi connectivity index (χ2n) is 5.96. The van der Waals surface area contributed by atoms with Gasteiger partial charge in [-0.25, -0.2) is 0 Å². The van der Waals surface area contributed by atoms with Crippen LogP contribution in [0, 0.1) is 0 Å². The second-order valence-corrected chi connectivity index (χ2v) is 5.96. The topological polar surface area (TPSA) is 96.2 Å². The largest absolute Gasteiger partial charge is 0.357 e. The van der Waals surface area contributed by atoms with Gasteiger partial charge in [-0.2, -0.15) is 0 Å². The molecule has 8 nitrogen and oxygen atoms in total. The van der Waals surface area contributed by atoms with E-state index in [1.807, 2.05) is 29.7 Å². The zero-order valence-corrected chi connectivity index (χ0v) is 18.8. The zero-order chi connectivity index (χ0) is 19.3. The van der Waals surface area contributed by atoms with Gasteiger partial charge < -0.3 is 20.5 Å². The summed E-state index contributed by atoms with van der Waals surface area (Å²) < 4.78 is 2.04. The lowest BCUT2D eigenvalue weighted by Crippen LogP contribution is -2.39. The fourth-order valence-corrected chi connectivity index (χ4v) is 2.54. The maximum absolute atomic E-state index is 12.0. The average Bonchev–Trinajstić information content (AvgIpc) is 3.15. The monoisotopic (exact) mass is 499 g/mol. The molecule has 28 heavy (non-hydrogen) atoms. The van der Waals surface area contributed by atoms with E-state index in [-0.39, 0.29) is 29.9 Å². The molecular weight excluding hydrogens is 469 g/mol. The first-order chi connectivity index (χ1) is 13.2. The molecule has 1 aromatic carbocycles. The lowest BCUT2D eigenvalue weighted by molar-refractivity contribution is 0.0953. The minimum Gasteiger partial charge on any atom is -0.357 e.